The van der Waals surface area contributed by atoms with Crippen molar-refractivity contribution in [1.29, 1.82) is 0 Å². The third-order valence-electron chi connectivity index (χ3n) is 3.90. The summed E-state index contributed by atoms with van der Waals surface area (Å²) in [4.78, 5) is 4.84. The molecule has 96 valence electrons. The monoisotopic (exact) mass is 235 g/mol. The van der Waals surface area contributed by atoms with Crippen molar-refractivity contribution in [2.24, 2.45) is 0 Å². The van der Waals surface area contributed by atoms with Gasteiger partial charge < -0.3 is 10.3 Å². The molecule has 2 N–H and O–H groups in total. The number of hydrogen-bond donors (Lipinski definition) is 1. The van der Waals surface area contributed by atoms with E-state index in [2.05, 4.69) is 25.3 Å². The summed E-state index contributed by atoms with van der Waals surface area (Å²) in [7, 11) is 0. The van der Waals surface area contributed by atoms with Crippen molar-refractivity contribution in [3.8, 4) is 0 Å². The molecule has 3 nitrogen and oxygen atoms in total. The quantitative estimate of drug-likeness (QED) is 0.869. The van der Waals surface area contributed by atoms with E-state index < -0.39 is 0 Å². The highest BCUT2D eigenvalue weighted by Gasteiger charge is 2.24. The molecule has 0 saturated heterocycles. The Morgan fingerprint density at radius 1 is 1.29 bits per heavy atom. The molecule has 17 heavy (non-hydrogen) atoms. The topological polar surface area (TPSA) is 43.8 Å². The maximum Gasteiger partial charge on any atom is 0.127 e. The van der Waals surface area contributed by atoms with Gasteiger partial charge >= 0.3 is 0 Å². The number of anilines is 1. The summed E-state index contributed by atoms with van der Waals surface area (Å²) in [6, 6.07) is 0. The zero-order valence-corrected chi connectivity index (χ0v) is 11.4. The van der Waals surface area contributed by atoms with Crippen LogP contribution in [0.1, 0.15) is 76.2 Å². The van der Waals surface area contributed by atoms with Gasteiger partial charge in [0.1, 0.15) is 11.6 Å². The number of aromatic nitrogens is 2. The fourth-order valence-electron chi connectivity index (χ4n) is 2.93. The van der Waals surface area contributed by atoms with Gasteiger partial charge in [0.2, 0.25) is 0 Å². The third kappa shape index (κ3) is 2.33. The van der Waals surface area contributed by atoms with Gasteiger partial charge in [-0.3, -0.25) is 0 Å². The van der Waals surface area contributed by atoms with Crippen LogP contribution in [0.5, 0.6) is 0 Å². The SMILES string of the molecule is CCn1c(C2CCCCC2)nc(C(C)C)c1N. The van der Waals surface area contributed by atoms with Crippen LogP contribution in [-0.4, -0.2) is 9.55 Å². The summed E-state index contributed by atoms with van der Waals surface area (Å²) in [5.74, 6) is 3.19. The molecule has 0 aliphatic heterocycles. The van der Waals surface area contributed by atoms with Crippen molar-refractivity contribution in [3.63, 3.8) is 0 Å². The maximum atomic E-state index is 6.22. The van der Waals surface area contributed by atoms with Crippen LogP contribution in [0, 0.1) is 0 Å². The zero-order valence-electron chi connectivity index (χ0n) is 11.4. The smallest absolute Gasteiger partial charge is 0.127 e. The summed E-state index contributed by atoms with van der Waals surface area (Å²) in [5, 5.41) is 0. The number of rotatable bonds is 3. The summed E-state index contributed by atoms with van der Waals surface area (Å²) >= 11 is 0. The minimum absolute atomic E-state index is 0.421. The standard InChI is InChI=1S/C14H25N3/c1-4-17-13(15)12(10(2)3)16-14(17)11-8-6-5-7-9-11/h10-11H,4-9,15H2,1-3H3. The summed E-state index contributed by atoms with van der Waals surface area (Å²) < 4.78 is 2.23. The molecular formula is C14H25N3. The number of imidazole rings is 1. The highest BCUT2D eigenvalue weighted by atomic mass is 15.1. The minimum Gasteiger partial charge on any atom is -0.384 e. The molecule has 1 aromatic rings. The van der Waals surface area contributed by atoms with Gasteiger partial charge in [-0.1, -0.05) is 33.1 Å². The second kappa shape index (κ2) is 5.11. The lowest BCUT2D eigenvalue weighted by Crippen LogP contribution is -2.12. The van der Waals surface area contributed by atoms with Crippen molar-refractivity contribution < 1.29 is 0 Å². The Bertz CT molecular complexity index is 373. The van der Waals surface area contributed by atoms with Crippen molar-refractivity contribution in [1.82, 2.24) is 9.55 Å². The normalized spacial score (nSPS) is 17.9. The fraction of sp³-hybridized carbons (Fsp3) is 0.786. The van der Waals surface area contributed by atoms with E-state index in [-0.39, 0.29) is 0 Å². The highest BCUT2D eigenvalue weighted by molar-refractivity contribution is 5.41. The van der Waals surface area contributed by atoms with Crippen molar-refractivity contribution in [2.75, 3.05) is 5.73 Å². The summed E-state index contributed by atoms with van der Waals surface area (Å²) in [5.41, 5.74) is 7.31. The first-order valence-electron chi connectivity index (χ1n) is 7.00. The second-order valence-corrected chi connectivity index (χ2v) is 5.47. The van der Waals surface area contributed by atoms with Gasteiger partial charge in [-0.15, -0.1) is 0 Å². The molecule has 0 amide bonds. The minimum atomic E-state index is 0.421. The molecular weight excluding hydrogens is 210 g/mol. The zero-order chi connectivity index (χ0) is 12.4. The van der Waals surface area contributed by atoms with Gasteiger partial charge in [0.05, 0.1) is 5.69 Å². The van der Waals surface area contributed by atoms with Gasteiger partial charge in [-0.05, 0) is 25.7 Å². The molecule has 2 rings (SSSR count). The van der Waals surface area contributed by atoms with E-state index in [1.165, 1.54) is 37.9 Å². The van der Waals surface area contributed by atoms with Gasteiger partial charge in [0.25, 0.3) is 0 Å². The van der Waals surface area contributed by atoms with Crippen LogP contribution >= 0.6 is 0 Å². The number of hydrogen-bond acceptors (Lipinski definition) is 2. The molecule has 3 heteroatoms. The molecule has 0 aromatic carbocycles. The van der Waals surface area contributed by atoms with Crippen LogP contribution in [0.2, 0.25) is 0 Å². The van der Waals surface area contributed by atoms with Gasteiger partial charge in [0, 0.05) is 12.5 Å². The molecule has 0 atom stereocenters. The fourth-order valence-corrected chi connectivity index (χ4v) is 2.93. The first kappa shape index (κ1) is 12.5. The van der Waals surface area contributed by atoms with E-state index in [0.717, 1.165) is 18.1 Å². The average Bonchev–Trinajstić information content (AvgIpc) is 2.67. The lowest BCUT2D eigenvalue weighted by Gasteiger charge is -2.21. The van der Waals surface area contributed by atoms with Crippen LogP contribution in [0.25, 0.3) is 0 Å². The van der Waals surface area contributed by atoms with Crippen LogP contribution in [0.3, 0.4) is 0 Å². The van der Waals surface area contributed by atoms with E-state index in [1.807, 2.05) is 0 Å². The van der Waals surface area contributed by atoms with E-state index in [9.17, 15) is 0 Å². The molecule has 1 aliphatic rings. The van der Waals surface area contributed by atoms with Crippen LogP contribution in [0.15, 0.2) is 0 Å². The average molecular weight is 235 g/mol. The molecule has 1 aliphatic carbocycles. The number of nitrogens with zero attached hydrogens (tertiary/aromatic N) is 2. The Morgan fingerprint density at radius 2 is 1.94 bits per heavy atom. The first-order valence-corrected chi connectivity index (χ1v) is 7.00. The molecule has 1 saturated carbocycles. The van der Waals surface area contributed by atoms with E-state index >= 15 is 0 Å². The van der Waals surface area contributed by atoms with Crippen LogP contribution < -0.4 is 5.73 Å². The molecule has 1 fully saturated rings. The second-order valence-electron chi connectivity index (χ2n) is 5.47. The van der Waals surface area contributed by atoms with E-state index in [1.54, 1.807) is 0 Å². The molecule has 1 heterocycles. The van der Waals surface area contributed by atoms with Crippen molar-refractivity contribution in [3.05, 3.63) is 11.5 Å². The Morgan fingerprint density at radius 3 is 2.47 bits per heavy atom. The van der Waals surface area contributed by atoms with Crippen LogP contribution in [-0.2, 0) is 6.54 Å². The van der Waals surface area contributed by atoms with Crippen LogP contribution in [0.4, 0.5) is 5.82 Å². The predicted molar refractivity (Wildman–Crippen MR) is 72.2 cm³/mol. The molecule has 0 unspecified atom stereocenters. The maximum absolute atomic E-state index is 6.22. The van der Waals surface area contributed by atoms with E-state index in [0.29, 0.717) is 11.8 Å². The molecule has 1 aromatic heterocycles. The summed E-state index contributed by atoms with van der Waals surface area (Å²) in [6.45, 7) is 7.44. The Kier molecular flexibility index (Phi) is 3.75. The van der Waals surface area contributed by atoms with E-state index in [4.69, 9.17) is 10.7 Å². The molecule has 0 radical (unpaired) electrons. The summed E-state index contributed by atoms with van der Waals surface area (Å²) in [6.07, 6.45) is 6.65. The van der Waals surface area contributed by atoms with Gasteiger partial charge in [-0.25, -0.2) is 4.98 Å². The van der Waals surface area contributed by atoms with Crippen molar-refractivity contribution in [2.45, 2.75) is 71.3 Å². The third-order valence-corrected chi connectivity index (χ3v) is 3.90. The number of nitrogen functional groups attached to an aromatic ring is 1. The van der Waals surface area contributed by atoms with Gasteiger partial charge in [-0.2, -0.15) is 0 Å². The Balaban J connectivity index is 2.34. The first-order chi connectivity index (χ1) is 8.15. The largest absolute Gasteiger partial charge is 0.384 e. The highest BCUT2D eigenvalue weighted by Crippen LogP contribution is 2.35. The molecule has 0 spiro atoms. The lowest BCUT2D eigenvalue weighted by atomic mass is 9.88. The predicted octanol–water partition coefficient (Wildman–Crippen LogP) is 3.66. The van der Waals surface area contributed by atoms with Crippen molar-refractivity contribution >= 4 is 5.82 Å². The van der Waals surface area contributed by atoms with Gasteiger partial charge in [0.15, 0.2) is 0 Å². The molecule has 0 bridgehead atoms. The number of nitrogens with two attached hydrogens (primary N) is 1. The lowest BCUT2D eigenvalue weighted by molar-refractivity contribution is 0.417. The Hall–Kier alpha value is -0.990. The Labute approximate surface area is 104 Å².